The first-order valence-electron chi connectivity index (χ1n) is 11.5. The summed E-state index contributed by atoms with van der Waals surface area (Å²) in [6, 6.07) is 8.11. The quantitative estimate of drug-likeness (QED) is 0.480. The normalized spacial score (nSPS) is 18.8. The summed E-state index contributed by atoms with van der Waals surface area (Å²) in [4.78, 5) is 35.6. The van der Waals surface area contributed by atoms with Crippen LogP contribution in [0.15, 0.2) is 35.3 Å². The number of nitrogens with two attached hydrogens (primary N) is 2. The van der Waals surface area contributed by atoms with E-state index in [1.807, 2.05) is 19.1 Å². The molecule has 10 heteroatoms. The highest BCUT2D eigenvalue weighted by atomic mass is 16.5. The number of amides is 1. The number of aryl methyl sites for hydroxylation is 1. The van der Waals surface area contributed by atoms with Crippen molar-refractivity contribution >= 4 is 34.4 Å². The number of aromatic nitrogens is 3. The summed E-state index contributed by atoms with van der Waals surface area (Å²) in [6.07, 6.45) is 2.87. The number of hydrogen-bond acceptors (Lipinski definition) is 8. The number of nitrogen functional groups attached to an aromatic ring is 1. The Morgan fingerprint density at radius 3 is 2.50 bits per heavy atom. The number of carbonyl (C=O) groups excluding carboxylic acids is 1. The molecule has 0 radical (unpaired) electrons. The van der Waals surface area contributed by atoms with Gasteiger partial charge in [0.05, 0.1) is 17.6 Å². The van der Waals surface area contributed by atoms with Crippen molar-refractivity contribution in [3.8, 4) is 0 Å². The van der Waals surface area contributed by atoms with Crippen molar-refractivity contribution in [3.63, 3.8) is 0 Å². The van der Waals surface area contributed by atoms with Gasteiger partial charge in [0, 0.05) is 38.1 Å². The van der Waals surface area contributed by atoms with Crippen molar-refractivity contribution in [1.82, 2.24) is 19.4 Å². The zero-order valence-electron chi connectivity index (χ0n) is 19.7. The Labute approximate surface area is 197 Å². The molecule has 180 valence electrons. The van der Waals surface area contributed by atoms with Gasteiger partial charge in [-0.25, -0.2) is 4.98 Å². The predicted molar refractivity (Wildman–Crippen MR) is 132 cm³/mol. The molecule has 34 heavy (non-hydrogen) atoms. The summed E-state index contributed by atoms with van der Waals surface area (Å²) < 4.78 is 7.39. The lowest BCUT2D eigenvalue weighted by Gasteiger charge is -2.35. The highest BCUT2D eigenvalue weighted by Gasteiger charge is 2.22. The second kappa shape index (κ2) is 9.78. The Hall–Kier alpha value is -3.50. The van der Waals surface area contributed by atoms with Gasteiger partial charge in [0.1, 0.15) is 11.4 Å². The first kappa shape index (κ1) is 23.7. The number of primary amides is 1. The lowest BCUT2D eigenvalue weighted by atomic mass is 10.1. The summed E-state index contributed by atoms with van der Waals surface area (Å²) in [6.45, 7) is 9.38. The molecule has 1 saturated heterocycles. The lowest BCUT2D eigenvalue weighted by Crippen LogP contribution is -2.46. The highest BCUT2D eigenvalue weighted by molar-refractivity contribution is 6.00. The molecule has 2 atom stereocenters. The van der Waals surface area contributed by atoms with E-state index in [4.69, 9.17) is 16.2 Å². The average molecular weight is 466 g/mol. The number of ether oxygens (including phenoxy) is 1. The standard InChI is InChI=1S/C24H31N7O3/c1-4-31-21(25)19(22(26)33)20(32)18-11-27-24(29-23(18)31)28-17-7-5-16(6-8-17)9-10-30-12-14(2)34-15(3)13-30/h5-8,11,14-15H,4,9-10,12-13,25H2,1-3H3,(H2,26,33)(H,27,28,29). The Morgan fingerprint density at radius 2 is 1.88 bits per heavy atom. The number of rotatable bonds is 7. The van der Waals surface area contributed by atoms with Gasteiger partial charge in [-0.05, 0) is 44.9 Å². The molecule has 2 aromatic heterocycles. The summed E-state index contributed by atoms with van der Waals surface area (Å²) in [7, 11) is 0. The molecular formula is C24H31N7O3. The molecule has 0 aliphatic carbocycles. The number of nitrogens with one attached hydrogen (secondary N) is 1. The van der Waals surface area contributed by atoms with Crippen molar-refractivity contribution in [2.45, 2.75) is 45.9 Å². The molecule has 1 aliphatic heterocycles. The van der Waals surface area contributed by atoms with Crippen LogP contribution in [0.1, 0.15) is 36.7 Å². The van der Waals surface area contributed by atoms with Crippen molar-refractivity contribution in [2.24, 2.45) is 5.73 Å². The second-order valence-electron chi connectivity index (χ2n) is 8.72. The molecule has 4 rings (SSSR count). The molecule has 0 spiro atoms. The SMILES string of the molecule is CCn1c(N)c(C(N)=O)c(=O)c2cnc(Nc3ccc(CCN4CC(C)OC(C)C4)cc3)nc21. The van der Waals surface area contributed by atoms with Crippen LogP contribution in [0.2, 0.25) is 0 Å². The zero-order chi connectivity index (χ0) is 24.4. The molecular weight excluding hydrogens is 434 g/mol. The van der Waals surface area contributed by atoms with Crippen LogP contribution in [0.4, 0.5) is 17.5 Å². The van der Waals surface area contributed by atoms with Gasteiger partial charge < -0.3 is 26.1 Å². The van der Waals surface area contributed by atoms with E-state index in [-0.39, 0.29) is 29.0 Å². The van der Waals surface area contributed by atoms with Crippen molar-refractivity contribution < 1.29 is 9.53 Å². The molecule has 1 aromatic carbocycles. The van der Waals surface area contributed by atoms with Gasteiger partial charge >= 0.3 is 0 Å². The number of nitrogens with zero attached hydrogens (tertiary/aromatic N) is 4. The molecule has 1 amide bonds. The molecule has 3 aromatic rings. The summed E-state index contributed by atoms with van der Waals surface area (Å²) in [5.41, 5.74) is 13.0. The maximum atomic E-state index is 12.7. The van der Waals surface area contributed by atoms with E-state index in [1.165, 1.54) is 11.8 Å². The maximum Gasteiger partial charge on any atom is 0.256 e. The number of fused-ring (bicyclic) bond motifs is 1. The van der Waals surface area contributed by atoms with Crippen LogP contribution < -0.4 is 22.2 Å². The monoisotopic (exact) mass is 465 g/mol. The van der Waals surface area contributed by atoms with E-state index in [0.717, 1.165) is 31.7 Å². The molecule has 3 heterocycles. The minimum absolute atomic E-state index is 0.00515. The maximum absolute atomic E-state index is 12.7. The van der Waals surface area contributed by atoms with E-state index in [9.17, 15) is 9.59 Å². The smallest absolute Gasteiger partial charge is 0.256 e. The molecule has 5 N–H and O–H groups in total. The Kier molecular flexibility index (Phi) is 6.80. The van der Waals surface area contributed by atoms with Crippen LogP contribution in [0, 0.1) is 0 Å². The fraction of sp³-hybridized carbons (Fsp3) is 0.417. The third-order valence-corrected chi connectivity index (χ3v) is 6.03. The lowest BCUT2D eigenvalue weighted by molar-refractivity contribution is -0.0675. The van der Waals surface area contributed by atoms with Gasteiger partial charge in [0.25, 0.3) is 5.91 Å². The van der Waals surface area contributed by atoms with Crippen molar-refractivity contribution in [1.29, 1.82) is 0 Å². The average Bonchev–Trinajstić information content (AvgIpc) is 2.78. The van der Waals surface area contributed by atoms with Crippen LogP contribution in [0.5, 0.6) is 0 Å². The Morgan fingerprint density at radius 1 is 1.21 bits per heavy atom. The fourth-order valence-electron chi connectivity index (χ4n) is 4.50. The first-order chi connectivity index (χ1) is 16.3. The van der Waals surface area contributed by atoms with Gasteiger partial charge in [0.2, 0.25) is 11.4 Å². The summed E-state index contributed by atoms with van der Waals surface area (Å²) in [5, 5.41) is 3.36. The topological polar surface area (TPSA) is 141 Å². The molecule has 2 unspecified atom stereocenters. The summed E-state index contributed by atoms with van der Waals surface area (Å²) in [5.74, 6) is -0.540. The fourth-order valence-corrected chi connectivity index (χ4v) is 4.50. The third-order valence-electron chi connectivity index (χ3n) is 6.03. The second-order valence-corrected chi connectivity index (χ2v) is 8.72. The summed E-state index contributed by atoms with van der Waals surface area (Å²) >= 11 is 0. The van der Waals surface area contributed by atoms with Gasteiger partial charge in [0.15, 0.2) is 5.65 Å². The van der Waals surface area contributed by atoms with Crippen molar-refractivity contribution in [2.75, 3.05) is 30.7 Å². The van der Waals surface area contributed by atoms with Crippen LogP contribution in [0.25, 0.3) is 11.0 Å². The zero-order valence-corrected chi connectivity index (χ0v) is 19.7. The number of hydrogen-bond donors (Lipinski definition) is 3. The number of benzene rings is 1. The van der Waals surface area contributed by atoms with E-state index < -0.39 is 11.3 Å². The minimum atomic E-state index is -0.869. The van der Waals surface area contributed by atoms with E-state index in [1.54, 1.807) is 4.57 Å². The van der Waals surface area contributed by atoms with Gasteiger partial charge in [-0.2, -0.15) is 4.98 Å². The van der Waals surface area contributed by atoms with Crippen LogP contribution >= 0.6 is 0 Å². The molecule has 1 fully saturated rings. The minimum Gasteiger partial charge on any atom is -0.384 e. The number of anilines is 3. The first-order valence-corrected chi connectivity index (χ1v) is 11.5. The van der Waals surface area contributed by atoms with Gasteiger partial charge in [-0.3, -0.25) is 14.5 Å². The third kappa shape index (κ3) is 4.87. The largest absolute Gasteiger partial charge is 0.384 e. The number of pyridine rings is 1. The van der Waals surface area contributed by atoms with Gasteiger partial charge in [-0.15, -0.1) is 0 Å². The molecule has 1 aliphatic rings. The number of carbonyl (C=O) groups is 1. The Bertz CT molecular complexity index is 1250. The molecule has 0 saturated carbocycles. The van der Waals surface area contributed by atoms with Crippen LogP contribution in [-0.4, -0.2) is 57.2 Å². The molecule has 0 bridgehead atoms. The van der Waals surface area contributed by atoms with E-state index in [0.29, 0.717) is 18.1 Å². The van der Waals surface area contributed by atoms with Crippen LogP contribution in [0.3, 0.4) is 0 Å². The van der Waals surface area contributed by atoms with Gasteiger partial charge in [-0.1, -0.05) is 12.1 Å². The van der Waals surface area contributed by atoms with E-state index >= 15 is 0 Å². The van der Waals surface area contributed by atoms with E-state index in [2.05, 4.69) is 46.2 Å². The molecule has 10 nitrogen and oxygen atoms in total. The van der Waals surface area contributed by atoms with Crippen molar-refractivity contribution in [3.05, 3.63) is 51.8 Å². The highest BCUT2D eigenvalue weighted by Crippen LogP contribution is 2.20. The predicted octanol–water partition coefficient (Wildman–Crippen LogP) is 1.89. The Balaban J connectivity index is 1.50. The number of morpholine rings is 1. The van der Waals surface area contributed by atoms with Crippen LogP contribution in [-0.2, 0) is 17.7 Å².